The van der Waals surface area contributed by atoms with Crippen LogP contribution in [0.2, 0.25) is 0 Å². The van der Waals surface area contributed by atoms with Crippen LogP contribution in [0.3, 0.4) is 0 Å². The Morgan fingerprint density at radius 1 is 1.21 bits per heavy atom. The molecule has 33 heavy (non-hydrogen) atoms. The van der Waals surface area contributed by atoms with E-state index in [9.17, 15) is 5.11 Å². The molecule has 0 spiro atoms. The van der Waals surface area contributed by atoms with Gasteiger partial charge in [0.2, 0.25) is 0 Å². The van der Waals surface area contributed by atoms with Crippen molar-refractivity contribution >= 4 is 8.38 Å². The first-order chi connectivity index (χ1) is 15.4. The lowest BCUT2D eigenvalue weighted by atomic mass is 9.89. The molecule has 6 nitrogen and oxygen atoms in total. The lowest BCUT2D eigenvalue weighted by Gasteiger charge is -2.25. The van der Waals surface area contributed by atoms with E-state index in [0.29, 0.717) is 44.6 Å². The second-order valence-corrected chi connectivity index (χ2v) is 9.48. The smallest absolute Gasteiger partial charge is 0.198 e. The zero-order chi connectivity index (χ0) is 23.8. The summed E-state index contributed by atoms with van der Waals surface area (Å²) in [5.41, 5.74) is 2.22. The number of aliphatic hydroxyl groups is 1. The molecule has 2 rings (SSSR count). The fourth-order valence-corrected chi connectivity index (χ4v) is 4.76. The molecule has 0 aromatic heterocycles. The predicted molar refractivity (Wildman–Crippen MR) is 140 cm³/mol. The molecule has 0 aliphatic heterocycles. The fourth-order valence-electron chi connectivity index (χ4n) is 3.68. The van der Waals surface area contributed by atoms with E-state index in [1.807, 2.05) is 31.9 Å². The summed E-state index contributed by atoms with van der Waals surface area (Å²) in [6, 6.07) is 0. The molecule has 192 valence electrons. The van der Waals surface area contributed by atoms with Gasteiger partial charge in [-0.2, -0.15) is 0 Å². The van der Waals surface area contributed by atoms with Crippen LogP contribution in [0.4, 0.5) is 0 Å². The zero-order valence-corrected chi connectivity index (χ0v) is 21.6. The maximum Gasteiger partial charge on any atom is 0.198 e. The second kappa shape index (κ2) is 19.2. The Morgan fingerprint density at radius 2 is 1.91 bits per heavy atom. The van der Waals surface area contributed by atoms with E-state index in [1.54, 1.807) is 18.4 Å². The number of aliphatic hydroxyl groups excluding tert-OH is 1. The van der Waals surface area contributed by atoms with Gasteiger partial charge in [0, 0.05) is 19.4 Å². The van der Waals surface area contributed by atoms with Crippen LogP contribution in [-0.2, 0) is 18.5 Å². The third-order valence-electron chi connectivity index (χ3n) is 5.44. The lowest BCUT2D eigenvalue weighted by Crippen LogP contribution is -2.22. The van der Waals surface area contributed by atoms with Gasteiger partial charge in [0.15, 0.2) is 8.38 Å². The minimum Gasteiger partial charge on any atom is -0.508 e. The summed E-state index contributed by atoms with van der Waals surface area (Å²) in [6.45, 7) is 14.6. The van der Waals surface area contributed by atoms with Crippen molar-refractivity contribution in [2.75, 3.05) is 39.8 Å². The van der Waals surface area contributed by atoms with Crippen molar-refractivity contribution in [3.63, 3.8) is 0 Å². The Labute approximate surface area is 204 Å². The van der Waals surface area contributed by atoms with Crippen LogP contribution in [-0.4, -0.2) is 55.9 Å². The molecule has 0 heterocycles. The molecule has 7 heteroatoms. The maximum atomic E-state index is 9.61. The average molecular weight is 486 g/mol. The lowest BCUT2D eigenvalue weighted by molar-refractivity contribution is 0.0542. The van der Waals surface area contributed by atoms with Gasteiger partial charge in [0.05, 0.1) is 25.9 Å². The summed E-state index contributed by atoms with van der Waals surface area (Å²) in [7, 11) is 0.859. The molecule has 0 saturated heterocycles. The number of allylic oxidation sites excluding steroid dienone is 4. The third-order valence-corrected chi connectivity index (χ3v) is 6.92. The first-order valence-corrected chi connectivity index (χ1v) is 13.1. The Morgan fingerprint density at radius 3 is 2.45 bits per heavy atom. The van der Waals surface area contributed by atoms with Crippen LogP contribution < -0.4 is 0 Å². The molecule has 0 aromatic carbocycles. The molecule has 0 bridgehead atoms. The molecular weight excluding hydrogens is 437 g/mol. The molecule has 2 aliphatic carbocycles. The van der Waals surface area contributed by atoms with Gasteiger partial charge in [-0.25, -0.2) is 0 Å². The fraction of sp³-hybridized carbons (Fsp3) is 0.692. The minimum atomic E-state index is -0.964. The maximum absolute atomic E-state index is 9.61. The van der Waals surface area contributed by atoms with Gasteiger partial charge in [-0.3, -0.25) is 0 Å². The van der Waals surface area contributed by atoms with Crippen molar-refractivity contribution < 1.29 is 23.6 Å². The molecule has 0 radical (unpaired) electrons. The van der Waals surface area contributed by atoms with E-state index >= 15 is 0 Å². The molecular formula is C26H48NO5P. The van der Waals surface area contributed by atoms with Gasteiger partial charge in [-0.15, -0.1) is 0 Å². The SMILES string of the molecule is C.C=CN(CCOCP(OCC)OCC)C1=C(C)CC=C(O)C=C1.COC1CCCC(C)C1. The van der Waals surface area contributed by atoms with Crippen LogP contribution in [0.5, 0.6) is 0 Å². The highest BCUT2D eigenvalue weighted by Crippen LogP contribution is 2.37. The molecule has 1 fully saturated rings. The number of nitrogens with zero attached hydrogens (tertiary/aromatic N) is 1. The van der Waals surface area contributed by atoms with Crippen LogP contribution in [0.15, 0.2) is 48.0 Å². The van der Waals surface area contributed by atoms with Crippen molar-refractivity contribution in [3.05, 3.63) is 48.0 Å². The van der Waals surface area contributed by atoms with Crippen LogP contribution in [0, 0.1) is 5.92 Å². The molecule has 1 saturated carbocycles. The van der Waals surface area contributed by atoms with Crippen LogP contribution >= 0.6 is 8.38 Å². The Bertz CT molecular complexity index is 614. The van der Waals surface area contributed by atoms with Gasteiger partial charge in [0.25, 0.3) is 0 Å². The number of hydrogen-bond donors (Lipinski definition) is 1. The highest BCUT2D eigenvalue weighted by atomic mass is 31.2. The van der Waals surface area contributed by atoms with E-state index in [2.05, 4.69) is 20.4 Å². The van der Waals surface area contributed by atoms with E-state index < -0.39 is 8.38 Å². The van der Waals surface area contributed by atoms with Crippen molar-refractivity contribution in [1.29, 1.82) is 0 Å². The normalized spacial score (nSPS) is 20.4. The van der Waals surface area contributed by atoms with E-state index in [-0.39, 0.29) is 7.43 Å². The molecule has 0 aromatic rings. The van der Waals surface area contributed by atoms with Gasteiger partial charge in [0.1, 0.15) is 12.1 Å². The van der Waals surface area contributed by atoms with Crippen LogP contribution in [0.1, 0.15) is 67.2 Å². The van der Waals surface area contributed by atoms with Gasteiger partial charge in [-0.05, 0) is 76.0 Å². The number of hydrogen-bond acceptors (Lipinski definition) is 6. The number of rotatable bonds is 12. The number of ether oxygens (including phenoxy) is 2. The summed E-state index contributed by atoms with van der Waals surface area (Å²) in [4.78, 5) is 2.03. The summed E-state index contributed by atoms with van der Waals surface area (Å²) in [5.74, 6) is 1.18. The highest BCUT2D eigenvalue weighted by Gasteiger charge is 2.17. The first-order valence-electron chi connectivity index (χ1n) is 11.7. The van der Waals surface area contributed by atoms with Crippen molar-refractivity contribution in [1.82, 2.24) is 4.90 Å². The Kier molecular flexibility index (Phi) is 18.5. The first kappa shape index (κ1) is 31.8. The van der Waals surface area contributed by atoms with Crippen molar-refractivity contribution in [2.45, 2.75) is 73.3 Å². The summed E-state index contributed by atoms with van der Waals surface area (Å²) < 4.78 is 22.0. The summed E-state index contributed by atoms with van der Waals surface area (Å²) in [6.07, 6.45) is 14.3. The third kappa shape index (κ3) is 13.3. The van der Waals surface area contributed by atoms with E-state index in [0.717, 1.165) is 18.0 Å². The summed E-state index contributed by atoms with van der Waals surface area (Å²) >= 11 is 0. The van der Waals surface area contributed by atoms with Crippen molar-refractivity contribution in [3.8, 4) is 0 Å². The molecule has 2 atom stereocenters. The standard InChI is InChI=1S/C17H28NO4P.C8H16O.CH4/c1-5-18(17-11-10-16(19)9-8-15(17)4)12-13-20-14-23(21-6-2)22-7-3;1-7-4-3-5-8(6-7)9-2;/h5,9-11,19H,1,6-8,12-14H2,2-4H3;7-8H,3-6H2,1-2H3;1H4. The van der Waals surface area contributed by atoms with E-state index in [4.69, 9.17) is 18.5 Å². The summed E-state index contributed by atoms with van der Waals surface area (Å²) in [5, 5.41) is 9.61. The largest absolute Gasteiger partial charge is 0.508 e. The molecule has 2 unspecified atom stereocenters. The predicted octanol–water partition coefficient (Wildman–Crippen LogP) is 7.31. The second-order valence-electron chi connectivity index (χ2n) is 8.04. The highest BCUT2D eigenvalue weighted by molar-refractivity contribution is 7.47. The topological polar surface area (TPSA) is 60.4 Å². The molecule has 0 amide bonds. The Hall–Kier alpha value is -1.17. The minimum absolute atomic E-state index is 0. The molecule has 2 aliphatic rings. The van der Waals surface area contributed by atoms with E-state index in [1.165, 1.54) is 31.3 Å². The molecule has 1 N–H and O–H groups in total. The van der Waals surface area contributed by atoms with Gasteiger partial charge < -0.3 is 28.5 Å². The van der Waals surface area contributed by atoms with Gasteiger partial charge >= 0.3 is 0 Å². The monoisotopic (exact) mass is 485 g/mol. The van der Waals surface area contributed by atoms with Crippen LogP contribution in [0.25, 0.3) is 0 Å². The van der Waals surface area contributed by atoms with Crippen molar-refractivity contribution in [2.24, 2.45) is 5.92 Å². The quantitative estimate of drug-likeness (QED) is 0.231. The van der Waals surface area contributed by atoms with Gasteiger partial charge in [-0.1, -0.05) is 33.8 Å². The zero-order valence-electron chi connectivity index (χ0n) is 20.7. The average Bonchev–Trinajstić information content (AvgIpc) is 2.95. The Balaban J connectivity index is 0.000000856. The number of methoxy groups -OCH3 is 1.